The minimum atomic E-state index is -1.91. The fourth-order valence-corrected chi connectivity index (χ4v) is 17.1. The van der Waals surface area contributed by atoms with Gasteiger partial charge in [-0.05, 0) is 88.4 Å². The number of rotatable bonds is 23. The maximum absolute atomic E-state index is 15.6. The first kappa shape index (κ1) is 102. The Kier molecular flexibility index (Phi) is 38.6. The molecule has 7 aromatic rings. The minimum absolute atomic E-state index is 0.0195. The molecule has 1 aliphatic carbocycles. The Balaban J connectivity index is 1.12. The first-order valence-electron chi connectivity index (χ1n) is 44.3. The molecule has 0 bridgehead atoms. The molecule has 0 radical (unpaired) electrons. The SMILES string of the molecule is CCCCC1C(=O)N(C)CC(=O)NC(CC(=O)O)C(=O)NC(C(C)C)C(=O)N(C)C(Cc2ccccc2)C(=O)NC(Cc2ccc(O)cc2)C(=O)N(C)CC(=O)NC(Cc2c[nH]c3ccccc23)C(=O)NC(Cc2ccc(O)cc2)C(=O)NC(CC2CCCCC2)C(=O)NC(C(=O)NCC(N)=O)CSCC(=O)NC(Cc2ccccc2)C(=O)N(C)C(Cc2ccccc2)C(=O)N1C. The summed E-state index contributed by atoms with van der Waals surface area (Å²) in [6.07, 6.45) is 4.03. The highest BCUT2D eigenvalue weighted by Gasteiger charge is 2.43. The van der Waals surface area contributed by atoms with Crippen molar-refractivity contribution >= 4 is 117 Å². The molecule has 1 aromatic heterocycles. The van der Waals surface area contributed by atoms with Crippen LogP contribution in [0.1, 0.15) is 118 Å². The number of phenolic OH excluding ortho intramolecular Hbond substituents is 2. The number of hydrogen-bond acceptors (Lipinski definition) is 19. The topological polar surface area (TPSA) is 500 Å². The van der Waals surface area contributed by atoms with Gasteiger partial charge < -0.3 is 98.4 Å². The number of nitrogens with one attached hydrogen (secondary N) is 10. The lowest BCUT2D eigenvalue weighted by Gasteiger charge is -2.37. The molecule has 15 N–H and O–H groups in total. The molecule has 0 spiro atoms. The molecule has 9 rings (SSSR count). The Labute approximate surface area is 771 Å². The Hall–Kier alpha value is -13.7. The van der Waals surface area contributed by atoms with E-state index in [9.17, 15) is 48.9 Å². The van der Waals surface area contributed by atoms with Crippen molar-refractivity contribution in [3.63, 3.8) is 0 Å². The predicted octanol–water partition coefficient (Wildman–Crippen LogP) is 3.25. The summed E-state index contributed by atoms with van der Waals surface area (Å²) in [5, 5.41) is 56.1. The van der Waals surface area contributed by atoms with Crippen LogP contribution in [0.3, 0.4) is 0 Å². The molecule has 36 heteroatoms. The van der Waals surface area contributed by atoms with Gasteiger partial charge in [-0.1, -0.05) is 199 Å². The van der Waals surface area contributed by atoms with E-state index in [1.54, 1.807) is 135 Å². The third-order valence-corrected chi connectivity index (χ3v) is 24.7. The zero-order valence-corrected chi connectivity index (χ0v) is 76.4. The van der Waals surface area contributed by atoms with Crippen LogP contribution in [-0.2, 0) is 115 Å². The van der Waals surface area contributed by atoms with E-state index in [0.717, 1.165) is 45.7 Å². The van der Waals surface area contributed by atoms with Crippen LogP contribution in [0.15, 0.2) is 170 Å². The number of carboxylic acids is 1. The zero-order valence-electron chi connectivity index (χ0n) is 75.6. The number of carboxylic acid groups (broad SMARTS) is 1. The van der Waals surface area contributed by atoms with Gasteiger partial charge in [-0.25, -0.2) is 0 Å². The second-order valence-electron chi connectivity index (χ2n) is 34.2. The van der Waals surface area contributed by atoms with E-state index in [1.807, 2.05) is 6.92 Å². The molecule has 2 aliphatic rings. The Morgan fingerprint density at radius 3 is 1.47 bits per heavy atom. The number of primary amides is 1. The van der Waals surface area contributed by atoms with Crippen molar-refractivity contribution < 1.29 is 92.0 Å². The third-order valence-electron chi connectivity index (χ3n) is 23.6. The van der Waals surface area contributed by atoms with E-state index in [1.165, 1.54) is 93.6 Å². The second kappa shape index (κ2) is 49.9. The quantitative estimate of drug-likeness (QED) is 0.0437. The summed E-state index contributed by atoms with van der Waals surface area (Å²) in [6.45, 7) is 2.71. The maximum atomic E-state index is 15.6. The largest absolute Gasteiger partial charge is 0.508 e. The van der Waals surface area contributed by atoms with Crippen molar-refractivity contribution in [2.45, 2.75) is 190 Å². The number of aromatic nitrogens is 1. The van der Waals surface area contributed by atoms with Crippen molar-refractivity contribution in [3.8, 4) is 11.5 Å². The molecular weight excluding hydrogens is 1710 g/mol. The van der Waals surface area contributed by atoms with E-state index in [4.69, 9.17) is 5.73 Å². The van der Waals surface area contributed by atoms with Gasteiger partial charge in [-0.3, -0.25) is 76.7 Å². The molecule has 11 atom stereocenters. The number of nitrogens with zero attached hydrogens (tertiary/aromatic N) is 5. The van der Waals surface area contributed by atoms with Crippen LogP contribution < -0.4 is 53.6 Å². The minimum Gasteiger partial charge on any atom is -0.508 e. The van der Waals surface area contributed by atoms with Crippen LogP contribution in [-0.4, -0.2) is 272 Å². The Morgan fingerprint density at radius 2 is 0.917 bits per heavy atom. The average molecular weight is 1840 g/mol. The van der Waals surface area contributed by atoms with Gasteiger partial charge in [0.1, 0.15) is 78.0 Å². The predicted molar refractivity (Wildman–Crippen MR) is 494 cm³/mol. The van der Waals surface area contributed by atoms with Crippen molar-refractivity contribution in [3.05, 3.63) is 203 Å². The zero-order chi connectivity index (χ0) is 95.8. The summed E-state index contributed by atoms with van der Waals surface area (Å²) in [5.74, 6) is -17.0. The van der Waals surface area contributed by atoms with Crippen molar-refractivity contribution in [2.75, 3.05) is 66.4 Å². The fourth-order valence-electron chi connectivity index (χ4n) is 16.2. The molecular formula is C96H122N16O19S. The molecule has 35 nitrogen and oxygen atoms in total. The number of aromatic amines is 1. The van der Waals surface area contributed by atoms with E-state index in [-0.39, 0.29) is 74.5 Å². The van der Waals surface area contributed by atoms with E-state index >= 15 is 43.2 Å². The molecule has 2 heterocycles. The van der Waals surface area contributed by atoms with Gasteiger partial charge in [-0.15, -0.1) is 11.8 Å². The number of amides is 15. The van der Waals surface area contributed by atoms with Crippen LogP contribution in [0.25, 0.3) is 10.9 Å². The van der Waals surface area contributed by atoms with E-state index < -0.39 is 199 Å². The highest BCUT2D eigenvalue weighted by molar-refractivity contribution is 8.00. The van der Waals surface area contributed by atoms with Gasteiger partial charge in [0, 0.05) is 96.6 Å². The number of aromatic hydroxyl groups is 2. The van der Waals surface area contributed by atoms with Gasteiger partial charge in [0.2, 0.25) is 88.6 Å². The standard InChI is InChI=1S/C96H122N16O19S/c1-9-10-35-77-94(129)109(5)55-82(117)101-73(51-84(119)120)90(125)107-85(58(2)3)96(131)111(7)78(48-61-29-19-13-20-30-61)91(126)105-74(47-64-38-42-67(114)43-39-64)92(127)108(4)54-81(116)100-72(50-65-52-98-69-34-24-23-33-68(65)69)89(124)104-71(45-63-36-40-66(113)41-37-63)87(122)103-70(44-59-25-15-11-16-26-59)88(123)106-76(86(121)99-53-80(97)115)56-132-57-83(118)102-75(46-60-27-17-12-18-28-60)93(128)112(8)79(95(130)110(77)6)49-62-31-21-14-22-32-62/h12-14,17-24,27-34,36-43,52,58-59,70-79,85,98,113-114H,9-11,15-16,25-26,35,44-51,53-57H2,1-8H3,(H2,97,115)(H,99,121)(H,100,116)(H,101,117)(H,102,118)(H,103,122)(H,104,124)(H,105,126)(H,106,123)(H,107,125)(H,119,120). The van der Waals surface area contributed by atoms with Crippen LogP contribution in [0, 0.1) is 11.8 Å². The van der Waals surface area contributed by atoms with Gasteiger partial charge in [-0.2, -0.15) is 0 Å². The smallest absolute Gasteiger partial charge is 0.305 e. The van der Waals surface area contributed by atoms with Gasteiger partial charge >= 0.3 is 5.97 Å². The summed E-state index contributed by atoms with van der Waals surface area (Å²) < 4.78 is 0. The summed E-state index contributed by atoms with van der Waals surface area (Å²) in [5.41, 5.74) is 9.22. The number of nitrogens with two attached hydrogens (primary N) is 1. The lowest BCUT2D eigenvalue weighted by Crippen LogP contribution is -2.61. The van der Waals surface area contributed by atoms with Gasteiger partial charge in [0.25, 0.3) is 0 Å². The molecule has 2 fully saturated rings. The lowest BCUT2D eigenvalue weighted by molar-refractivity contribution is -0.151. The lowest BCUT2D eigenvalue weighted by atomic mass is 9.84. The molecule has 15 amide bonds. The molecule has 6 aromatic carbocycles. The molecule has 1 saturated heterocycles. The number of benzene rings is 6. The average Bonchev–Trinajstić information content (AvgIpc) is 1.63. The summed E-state index contributed by atoms with van der Waals surface area (Å²) in [7, 11) is 6.57. The van der Waals surface area contributed by atoms with Crippen molar-refractivity contribution in [1.29, 1.82) is 0 Å². The van der Waals surface area contributed by atoms with E-state index in [2.05, 4.69) is 52.8 Å². The maximum Gasteiger partial charge on any atom is 0.305 e. The van der Waals surface area contributed by atoms with Crippen molar-refractivity contribution in [1.82, 2.24) is 77.3 Å². The number of carbonyl (C=O) groups excluding carboxylic acids is 15. The Morgan fingerprint density at radius 1 is 0.462 bits per heavy atom. The highest BCUT2D eigenvalue weighted by Crippen LogP contribution is 2.29. The van der Waals surface area contributed by atoms with Gasteiger partial charge in [0.05, 0.1) is 31.8 Å². The first-order chi connectivity index (χ1) is 63.0. The third kappa shape index (κ3) is 30.5. The van der Waals surface area contributed by atoms with Gasteiger partial charge in [0.15, 0.2) is 0 Å². The number of unbranched alkanes of at least 4 members (excludes halogenated alkanes) is 1. The normalized spacial score (nSPS) is 22.5. The fraction of sp³-hybridized carbons (Fsp3) is 0.438. The van der Waals surface area contributed by atoms with Crippen molar-refractivity contribution in [2.24, 2.45) is 17.6 Å². The number of fused-ring (bicyclic) bond motifs is 1. The summed E-state index contributed by atoms with van der Waals surface area (Å²) >= 11 is 0.851. The van der Waals surface area contributed by atoms with Crippen LogP contribution in [0.4, 0.5) is 0 Å². The first-order valence-corrected chi connectivity index (χ1v) is 45.5. The summed E-state index contributed by atoms with van der Waals surface area (Å²) in [4.78, 5) is 245. The summed E-state index contributed by atoms with van der Waals surface area (Å²) in [6, 6.07) is 27.6. The number of thioether (sulfide) groups is 1. The number of hydrogen-bond donors (Lipinski definition) is 14. The number of H-pyrrole nitrogens is 1. The molecule has 1 saturated carbocycles. The Bertz CT molecular complexity index is 5160. The van der Waals surface area contributed by atoms with Crippen LogP contribution in [0.2, 0.25) is 0 Å². The molecule has 11 unspecified atom stereocenters. The number of phenols is 2. The monoisotopic (exact) mass is 1830 g/mol. The van der Waals surface area contributed by atoms with E-state index in [0.29, 0.717) is 70.0 Å². The number of para-hydroxylation sites is 1. The molecule has 1 aliphatic heterocycles. The second-order valence-corrected chi connectivity index (χ2v) is 35.2. The molecule has 706 valence electrons. The van der Waals surface area contributed by atoms with Crippen LogP contribution >= 0.6 is 11.8 Å². The molecule has 132 heavy (non-hydrogen) atoms. The highest BCUT2D eigenvalue weighted by atomic mass is 32.2. The number of aliphatic carboxylic acids is 1. The number of likely N-dealkylation sites (N-methyl/N-ethyl adjacent to an activating group) is 5. The number of carbonyl (C=O) groups is 16. The van der Waals surface area contributed by atoms with Crippen LogP contribution in [0.5, 0.6) is 11.5 Å².